The number of hydrogen-bond donors (Lipinski definition) is 1. The second kappa shape index (κ2) is 8.09. The first kappa shape index (κ1) is 16.7. The van der Waals surface area contributed by atoms with Gasteiger partial charge in [0.1, 0.15) is 0 Å². The van der Waals surface area contributed by atoms with Crippen molar-refractivity contribution in [2.24, 2.45) is 0 Å². The fourth-order valence-corrected chi connectivity index (χ4v) is 3.46. The van der Waals surface area contributed by atoms with Crippen molar-refractivity contribution < 1.29 is 0 Å². The second-order valence-electron chi connectivity index (χ2n) is 4.91. The molecule has 2 rings (SSSR count). The summed E-state index contributed by atoms with van der Waals surface area (Å²) in [7, 11) is 0. The quantitative estimate of drug-likeness (QED) is 0.673. The van der Waals surface area contributed by atoms with Gasteiger partial charge in [0.2, 0.25) is 0 Å². The van der Waals surface area contributed by atoms with Gasteiger partial charge in [0.25, 0.3) is 0 Å². The topological polar surface area (TPSA) is 12.0 Å². The molecule has 2 aromatic rings. The number of thioether (sulfide) groups is 1. The number of rotatable bonds is 6. The van der Waals surface area contributed by atoms with E-state index in [4.69, 9.17) is 23.2 Å². The van der Waals surface area contributed by atoms with Crippen molar-refractivity contribution >= 4 is 35.0 Å². The highest BCUT2D eigenvalue weighted by molar-refractivity contribution is 7.99. The Labute approximate surface area is 141 Å². The van der Waals surface area contributed by atoms with Gasteiger partial charge in [-0.1, -0.05) is 60.0 Å². The number of hydrogen-bond acceptors (Lipinski definition) is 2. The molecule has 1 N–H and O–H groups in total. The van der Waals surface area contributed by atoms with E-state index in [1.807, 2.05) is 18.2 Å². The molecule has 112 valence electrons. The summed E-state index contributed by atoms with van der Waals surface area (Å²) >= 11 is 13.8. The predicted molar refractivity (Wildman–Crippen MR) is 94.8 cm³/mol. The Morgan fingerprint density at radius 3 is 2.38 bits per heavy atom. The fraction of sp³-hybridized carbons (Fsp3) is 0.294. The summed E-state index contributed by atoms with van der Waals surface area (Å²) in [5.41, 5.74) is 2.60. The van der Waals surface area contributed by atoms with Crippen molar-refractivity contribution in [2.75, 3.05) is 12.3 Å². The van der Waals surface area contributed by atoms with Gasteiger partial charge in [-0.25, -0.2) is 0 Å². The van der Waals surface area contributed by atoms with Gasteiger partial charge in [-0.15, -0.1) is 11.8 Å². The van der Waals surface area contributed by atoms with Gasteiger partial charge < -0.3 is 5.32 Å². The molecule has 0 aliphatic heterocycles. The molecule has 0 bridgehead atoms. The summed E-state index contributed by atoms with van der Waals surface area (Å²) in [6, 6.07) is 14.8. The van der Waals surface area contributed by atoms with Crippen molar-refractivity contribution in [3.63, 3.8) is 0 Å². The average Bonchev–Trinajstić information content (AvgIpc) is 2.48. The molecule has 2 aromatic carbocycles. The van der Waals surface area contributed by atoms with Crippen LogP contribution in [0.1, 0.15) is 24.1 Å². The molecule has 0 heterocycles. The molecule has 0 aliphatic carbocycles. The van der Waals surface area contributed by atoms with Crippen molar-refractivity contribution in [1.82, 2.24) is 5.32 Å². The van der Waals surface area contributed by atoms with Crippen LogP contribution in [-0.4, -0.2) is 12.3 Å². The van der Waals surface area contributed by atoms with Gasteiger partial charge in [0, 0.05) is 16.7 Å². The van der Waals surface area contributed by atoms with E-state index in [1.54, 1.807) is 11.8 Å². The number of halogens is 2. The van der Waals surface area contributed by atoms with Crippen molar-refractivity contribution in [3.8, 4) is 0 Å². The third-order valence-electron chi connectivity index (χ3n) is 3.24. The molecule has 1 unspecified atom stereocenters. The molecule has 0 spiro atoms. The highest BCUT2D eigenvalue weighted by Crippen LogP contribution is 2.30. The monoisotopic (exact) mass is 339 g/mol. The normalized spacial score (nSPS) is 12.4. The van der Waals surface area contributed by atoms with E-state index in [1.165, 1.54) is 11.1 Å². The van der Waals surface area contributed by atoms with Crippen LogP contribution in [0.4, 0.5) is 0 Å². The van der Waals surface area contributed by atoms with E-state index in [-0.39, 0.29) is 0 Å². The highest BCUT2D eigenvalue weighted by atomic mass is 35.5. The van der Waals surface area contributed by atoms with Crippen molar-refractivity contribution in [1.29, 1.82) is 0 Å². The Morgan fingerprint density at radius 2 is 1.76 bits per heavy atom. The minimum atomic E-state index is 0.329. The molecule has 1 nitrogen and oxygen atoms in total. The van der Waals surface area contributed by atoms with E-state index in [2.05, 4.69) is 43.4 Å². The lowest BCUT2D eigenvalue weighted by Gasteiger charge is -2.18. The number of aryl methyl sites for hydroxylation is 1. The zero-order valence-electron chi connectivity index (χ0n) is 12.2. The standard InChI is InChI=1S/C17H19Cl2NS/c1-3-20-17(13-6-4-12(2)5-7-13)11-21-14-8-9-15(18)16(19)10-14/h4-10,17,20H,3,11H2,1-2H3. The van der Waals surface area contributed by atoms with Gasteiger partial charge in [-0.05, 0) is 37.2 Å². The number of nitrogens with one attached hydrogen (secondary N) is 1. The van der Waals surface area contributed by atoms with Crippen LogP contribution >= 0.6 is 35.0 Å². The Kier molecular flexibility index (Phi) is 6.43. The van der Waals surface area contributed by atoms with Crippen LogP contribution in [0.25, 0.3) is 0 Å². The molecule has 0 saturated heterocycles. The van der Waals surface area contributed by atoms with Crippen LogP contribution in [-0.2, 0) is 0 Å². The lowest BCUT2D eigenvalue weighted by Crippen LogP contribution is -2.22. The SMILES string of the molecule is CCNC(CSc1ccc(Cl)c(Cl)c1)c1ccc(C)cc1. The van der Waals surface area contributed by atoms with Crippen LogP contribution in [0.2, 0.25) is 10.0 Å². The highest BCUT2D eigenvalue weighted by Gasteiger charge is 2.11. The summed E-state index contributed by atoms with van der Waals surface area (Å²) in [4.78, 5) is 1.14. The second-order valence-corrected chi connectivity index (χ2v) is 6.82. The first-order chi connectivity index (χ1) is 10.1. The summed E-state index contributed by atoms with van der Waals surface area (Å²) in [5, 5.41) is 4.74. The minimum Gasteiger partial charge on any atom is -0.309 e. The van der Waals surface area contributed by atoms with Gasteiger partial charge in [0.15, 0.2) is 0 Å². The van der Waals surface area contributed by atoms with Crippen LogP contribution in [0.5, 0.6) is 0 Å². The van der Waals surface area contributed by atoms with Gasteiger partial charge in [-0.2, -0.15) is 0 Å². The summed E-state index contributed by atoms with van der Waals surface area (Å²) in [6.45, 7) is 5.18. The predicted octanol–water partition coefficient (Wildman–Crippen LogP) is 5.74. The maximum absolute atomic E-state index is 6.06. The molecule has 0 radical (unpaired) electrons. The van der Waals surface area contributed by atoms with Crippen LogP contribution in [0.3, 0.4) is 0 Å². The average molecular weight is 340 g/mol. The van der Waals surface area contributed by atoms with Crippen LogP contribution in [0, 0.1) is 6.92 Å². The van der Waals surface area contributed by atoms with E-state index >= 15 is 0 Å². The maximum Gasteiger partial charge on any atom is 0.0603 e. The minimum absolute atomic E-state index is 0.329. The first-order valence-electron chi connectivity index (χ1n) is 6.98. The third-order valence-corrected chi connectivity index (χ3v) is 5.06. The van der Waals surface area contributed by atoms with Crippen molar-refractivity contribution in [2.45, 2.75) is 24.8 Å². The lowest BCUT2D eigenvalue weighted by molar-refractivity contribution is 0.606. The number of benzene rings is 2. The molecular formula is C17H19Cl2NS. The first-order valence-corrected chi connectivity index (χ1v) is 8.72. The molecule has 1 atom stereocenters. The third kappa shape index (κ3) is 4.93. The lowest BCUT2D eigenvalue weighted by atomic mass is 10.1. The zero-order valence-corrected chi connectivity index (χ0v) is 14.5. The smallest absolute Gasteiger partial charge is 0.0603 e. The van der Waals surface area contributed by atoms with Crippen molar-refractivity contribution in [3.05, 3.63) is 63.6 Å². The summed E-state index contributed by atoms with van der Waals surface area (Å²) in [6.07, 6.45) is 0. The Morgan fingerprint density at radius 1 is 1.05 bits per heavy atom. The largest absolute Gasteiger partial charge is 0.309 e. The summed E-state index contributed by atoms with van der Waals surface area (Å²) < 4.78 is 0. The fourth-order valence-electron chi connectivity index (χ4n) is 2.06. The van der Waals surface area contributed by atoms with E-state index < -0.39 is 0 Å². The van der Waals surface area contributed by atoms with Gasteiger partial charge in [-0.3, -0.25) is 0 Å². The van der Waals surface area contributed by atoms with Gasteiger partial charge in [0.05, 0.1) is 10.0 Å². The molecule has 0 aliphatic rings. The van der Waals surface area contributed by atoms with Crippen LogP contribution < -0.4 is 5.32 Å². The van der Waals surface area contributed by atoms with Gasteiger partial charge >= 0.3 is 0 Å². The molecule has 0 saturated carbocycles. The molecule has 21 heavy (non-hydrogen) atoms. The molecule has 0 fully saturated rings. The molecule has 4 heteroatoms. The van der Waals surface area contributed by atoms with E-state index in [9.17, 15) is 0 Å². The van der Waals surface area contributed by atoms with E-state index in [0.717, 1.165) is 17.2 Å². The van der Waals surface area contributed by atoms with Crippen LogP contribution in [0.15, 0.2) is 47.4 Å². The maximum atomic E-state index is 6.06. The summed E-state index contributed by atoms with van der Waals surface area (Å²) in [5.74, 6) is 0.953. The Balaban J connectivity index is 2.05. The zero-order chi connectivity index (χ0) is 15.2. The molecular weight excluding hydrogens is 321 g/mol. The van der Waals surface area contributed by atoms with E-state index in [0.29, 0.717) is 16.1 Å². The Bertz CT molecular complexity index is 584. The molecule has 0 aromatic heterocycles. The molecule has 0 amide bonds. The Hall–Kier alpha value is -0.670.